The highest BCUT2D eigenvalue weighted by atomic mass is 35.5. The lowest BCUT2D eigenvalue weighted by Gasteiger charge is -2.48. The van der Waals surface area contributed by atoms with Gasteiger partial charge in [-0.05, 0) is 36.0 Å². The normalized spacial score (nSPS) is 29.0. The highest BCUT2D eigenvalue weighted by Gasteiger charge is 2.44. The summed E-state index contributed by atoms with van der Waals surface area (Å²) in [6.45, 7) is 4.54. The van der Waals surface area contributed by atoms with Crippen molar-refractivity contribution in [3.63, 3.8) is 0 Å². The van der Waals surface area contributed by atoms with Gasteiger partial charge in [-0.15, -0.1) is 0 Å². The first kappa shape index (κ1) is 11.9. The fourth-order valence-corrected chi connectivity index (χ4v) is 3.02. The third-order valence-electron chi connectivity index (χ3n) is 4.17. The van der Waals surface area contributed by atoms with Crippen LogP contribution in [-0.4, -0.2) is 0 Å². The predicted molar refractivity (Wildman–Crippen MR) is 69.6 cm³/mol. The van der Waals surface area contributed by atoms with Crippen molar-refractivity contribution in [2.75, 3.05) is 0 Å². The highest BCUT2D eigenvalue weighted by molar-refractivity contribution is 6.30. The minimum atomic E-state index is -0.226. The van der Waals surface area contributed by atoms with E-state index < -0.39 is 0 Å². The molecule has 1 fully saturated rings. The van der Waals surface area contributed by atoms with Gasteiger partial charge in [-0.1, -0.05) is 50.4 Å². The molecule has 2 heteroatoms. The van der Waals surface area contributed by atoms with Gasteiger partial charge in [0.1, 0.15) is 0 Å². The van der Waals surface area contributed by atoms with E-state index in [9.17, 15) is 0 Å². The van der Waals surface area contributed by atoms with Crippen molar-refractivity contribution in [3.05, 3.63) is 34.9 Å². The molecular formula is C14H20ClN. The van der Waals surface area contributed by atoms with Gasteiger partial charge < -0.3 is 5.73 Å². The Morgan fingerprint density at radius 2 is 1.88 bits per heavy atom. The second kappa shape index (κ2) is 4.05. The summed E-state index contributed by atoms with van der Waals surface area (Å²) in [5.41, 5.74) is 7.78. The maximum atomic E-state index is 6.67. The maximum Gasteiger partial charge on any atom is 0.0461 e. The Kier molecular flexibility index (Phi) is 3.02. The molecule has 0 saturated heterocycles. The Labute approximate surface area is 103 Å². The van der Waals surface area contributed by atoms with Crippen LogP contribution >= 0.6 is 11.6 Å². The van der Waals surface area contributed by atoms with Crippen LogP contribution < -0.4 is 5.73 Å². The molecule has 0 aromatic heterocycles. The molecule has 2 N–H and O–H groups in total. The van der Waals surface area contributed by atoms with Crippen molar-refractivity contribution in [2.45, 2.75) is 45.1 Å². The number of halogens is 1. The molecule has 1 aromatic rings. The molecule has 1 aliphatic rings. The number of benzene rings is 1. The monoisotopic (exact) mass is 237 g/mol. The fraction of sp³-hybridized carbons (Fsp3) is 0.571. The van der Waals surface area contributed by atoms with Crippen molar-refractivity contribution in [1.82, 2.24) is 0 Å². The first-order valence-corrected chi connectivity index (χ1v) is 6.38. The molecule has 0 aliphatic heterocycles. The second-order valence-electron chi connectivity index (χ2n) is 5.57. The first-order chi connectivity index (χ1) is 7.46. The largest absolute Gasteiger partial charge is 0.321 e. The summed E-state index contributed by atoms with van der Waals surface area (Å²) >= 11 is 6.06. The van der Waals surface area contributed by atoms with Crippen molar-refractivity contribution < 1.29 is 0 Å². The van der Waals surface area contributed by atoms with E-state index in [1.165, 1.54) is 24.8 Å². The van der Waals surface area contributed by atoms with E-state index in [0.29, 0.717) is 0 Å². The summed E-state index contributed by atoms with van der Waals surface area (Å²) in [4.78, 5) is 0. The van der Waals surface area contributed by atoms with Crippen molar-refractivity contribution >= 4 is 11.6 Å². The lowest BCUT2D eigenvalue weighted by Crippen LogP contribution is -2.51. The van der Waals surface area contributed by atoms with Gasteiger partial charge in [-0.25, -0.2) is 0 Å². The van der Waals surface area contributed by atoms with Crippen molar-refractivity contribution in [3.8, 4) is 0 Å². The molecule has 0 amide bonds. The molecule has 88 valence electrons. The number of hydrogen-bond acceptors (Lipinski definition) is 1. The van der Waals surface area contributed by atoms with Crippen LogP contribution in [0.2, 0.25) is 5.02 Å². The molecule has 16 heavy (non-hydrogen) atoms. The Morgan fingerprint density at radius 3 is 2.50 bits per heavy atom. The summed E-state index contributed by atoms with van der Waals surface area (Å²) < 4.78 is 0. The molecule has 1 saturated carbocycles. The topological polar surface area (TPSA) is 26.0 Å². The lowest BCUT2D eigenvalue weighted by molar-refractivity contribution is 0.0979. The van der Waals surface area contributed by atoms with Crippen LogP contribution in [0.5, 0.6) is 0 Å². The fourth-order valence-electron chi connectivity index (χ4n) is 2.83. The smallest absolute Gasteiger partial charge is 0.0461 e. The molecular weight excluding hydrogens is 218 g/mol. The second-order valence-corrected chi connectivity index (χ2v) is 6.01. The van der Waals surface area contributed by atoms with Gasteiger partial charge in [0.2, 0.25) is 0 Å². The highest BCUT2D eigenvalue weighted by Crippen LogP contribution is 2.48. The first-order valence-electron chi connectivity index (χ1n) is 6.01. The average Bonchev–Trinajstić information content (AvgIpc) is 2.22. The maximum absolute atomic E-state index is 6.67. The molecule has 0 heterocycles. The lowest BCUT2D eigenvalue weighted by atomic mass is 9.61. The minimum absolute atomic E-state index is 0.149. The van der Waals surface area contributed by atoms with Gasteiger partial charge in [0.25, 0.3) is 0 Å². The molecule has 1 atom stereocenters. The number of rotatable bonds is 1. The standard InChI is InChI=1S/C14H20ClN/c1-13(2)8-3-4-9-14(13,16)11-6-5-7-12(15)10-11/h5-7,10H,3-4,8-9,16H2,1-2H3. The molecule has 0 spiro atoms. The van der Waals surface area contributed by atoms with Crippen LogP contribution in [0, 0.1) is 5.41 Å². The van der Waals surface area contributed by atoms with E-state index in [4.69, 9.17) is 17.3 Å². The van der Waals surface area contributed by atoms with Crippen LogP contribution in [0.3, 0.4) is 0 Å². The van der Waals surface area contributed by atoms with Crippen molar-refractivity contribution in [1.29, 1.82) is 0 Å². The third kappa shape index (κ3) is 1.87. The van der Waals surface area contributed by atoms with Crippen LogP contribution in [0.25, 0.3) is 0 Å². The Balaban J connectivity index is 2.43. The number of nitrogens with two attached hydrogens (primary N) is 1. The van der Waals surface area contributed by atoms with Gasteiger partial charge in [0.15, 0.2) is 0 Å². The van der Waals surface area contributed by atoms with E-state index in [1.54, 1.807) is 0 Å². The average molecular weight is 238 g/mol. The van der Waals surface area contributed by atoms with Crippen LogP contribution in [-0.2, 0) is 5.54 Å². The quantitative estimate of drug-likeness (QED) is 0.782. The number of hydrogen-bond donors (Lipinski definition) is 1. The summed E-state index contributed by atoms with van der Waals surface area (Å²) in [6.07, 6.45) is 4.75. The van der Waals surface area contributed by atoms with Gasteiger partial charge in [-0.2, -0.15) is 0 Å². The SMILES string of the molecule is CC1(C)CCCCC1(N)c1cccc(Cl)c1. The molecule has 0 bridgehead atoms. The zero-order chi connectivity index (χ0) is 11.8. The van der Waals surface area contributed by atoms with E-state index in [2.05, 4.69) is 19.9 Å². The van der Waals surface area contributed by atoms with E-state index in [-0.39, 0.29) is 11.0 Å². The summed E-state index contributed by atoms with van der Waals surface area (Å²) in [5.74, 6) is 0. The van der Waals surface area contributed by atoms with E-state index in [1.807, 2.05) is 18.2 Å². The molecule has 1 nitrogen and oxygen atoms in total. The van der Waals surface area contributed by atoms with Crippen LogP contribution in [0.15, 0.2) is 24.3 Å². The van der Waals surface area contributed by atoms with Crippen LogP contribution in [0.4, 0.5) is 0 Å². The van der Waals surface area contributed by atoms with Gasteiger partial charge in [-0.3, -0.25) is 0 Å². The Hall–Kier alpha value is -0.530. The Morgan fingerprint density at radius 1 is 1.19 bits per heavy atom. The predicted octanol–water partition coefficient (Wildman–Crippen LogP) is 4.09. The minimum Gasteiger partial charge on any atom is -0.321 e. The van der Waals surface area contributed by atoms with E-state index >= 15 is 0 Å². The molecule has 2 rings (SSSR count). The van der Waals surface area contributed by atoms with Gasteiger partial charge in [0, 0.05) is 10.6 Å². The van der Waals surface area contributed by atoms with Crippen LogP contribution in [0.1, 0.15) is 45.1 Å². The zero-order valence-electron chi connectivity index (χ0n) is 10.1. The molecule has 0 radical (unpaired) electrons. The van der Waals surface area contributed by atoms with Crippen molar-refractivity contribution in [2.24, 2.45) is 11.1 Å². The third-order valence-corrected chi connectivity index (χ3v) is 4.41. The zero-order valence-corrected chi connectivity index (χ0v) is 10.8. The summed E-state index contributed by atoms with van der Waals surface area (Å²) in [5, 5.41) is 0.781. The Bertz CT molecular complexity index is 386. The molecule has 1 unspecified atom stereocenters. The molecule has 1 aromatic carbocycles. The molecule has 1 aliphatic carbocycles. The van der Waals surface area contributed by atoms with E-state index in [0.717, 1.165) is 11.4 Å². The summed E-state index contributed by atoms with van der Waals surface area (Å²) in [7, 11) is 0. The van der Waals surface area contributed by atoms with Gasteiger partial charge >= 0.3 is 0 Å². The summed E-state index contributed by atoms with van der Waals surface area (Å²) in [6, 6.07) is 8.04. The van der Waals surface area contributed by atoms with Gasteiger partial charge in [0.05, 0.1) is 0 Å².